The summed E-state index contributed by atoms with van der Waals surface area (Å²) < 4.78 is 67.8. The number of anilines is 2. The van der Waals surface area contributed by atoms with Crippen molar-refractivity contribution in [2.45, 2.75) is 19.5 Å². The molecule has 0 aliphatic carbocycles. The minimum Gasteiger partial charge on any atom is -0.494 e. The fourth-order valence-electron chi connectivity index (χ4n) is 4.25. The molecular weight excluding hydrogens is 532 g/mol. The van der Waals surface area contributed by atoms with E-state index in [1.807, 2.05) is 6.92 Å². The van der Waals surface area contributed by atoms with Crippen LogP contribution in [0.3, 0.4) is 0 Å². The van der Waals surface area contributed by atoms with Crippen LogP contribution in [0.2, 0.25) is 0 Å². The van der Waals surface area contributed by atoms with Gasteiger partial charge in [0.2, 0.25) is 0 Å². The molecular formula is C27H28F4N6O3. The number of methoxy groups -OCH3 is 1. The number of ether oxygens (including phenoxy) is 2. The van der Waals surface area contributed by atoms with Crippen molar-refractivity contribution >= 4 is 23.1 Å². The number of hydrogen-bond acceptors (Lipinski definition) is 7. The summed E-state index contributed by atoms with van der Waals surface area (Å²) in [7, 11) is 1.10. The molecule has 40 heavy (non-hydrogen) atoms. The number of hydrogen-bond donors (Lipinski definition) is 3. The molecule has 2 heterocycles. The van der Waals surface area contributed by atoms with Gasteiger partial charge in [-0.25, -0.2) is 14.4 Å². The van der Waals surface area contributed by atoms with Gasteiger partial charge in [0.05, 0.1) is 32.2 Å². The predicted octanol–water partition coefficient (Wildman–Crippen LogP) is 4.57. The van der Waals surface area contributed by atoms with Crippen LogP contribution in [0.5, 0.6) is 5.75 Å². The number of carbonyl (C=O) groups is 1. The molecule has 1 amide bonds. The highest BCUT2D eigenvalue weighted by Crippen LogP contribution is 2.42. The third kappa shape index (κ3) is 6.00. The molecule has 9 nitrogen and oxygen atoms in total. The van der Waals surface area contributed by atoms with Crippen LogP contribution in [0.1, 0.15) is 28.4 Å². The first kappa shape index (κ1) is 28.8. The van der Waals surface area contributed by atoms with Crippen molar-refractivity contribution in [1.82, 2.24) is 19.7 Å². The lowest BCUT2D eigenvalue weighted by Crippen LogP contribution is -2.28. The Bertz CT molecular complexity index is 1510. The van der Waals surface area contributed by atoms with Crippen LogP contribution in [0.15, 0.2) is 48.9 Å². The molecule has 13 heteroatoms. The third-order valence-corrected chi connectivity index (χ3v) is 6.10. The van der Waals surface area contributed by atoms with Crippen LogP contribution < -0.4 is 21.1 Å². The summed E-state index contributed by atoms with van der Waals surface area (Å²) in [5.74, 6) is -2.01. The van der Waals surface area contributed by atoms with Crippen LogP contribution in [0.25, 0.3) is 16.9 Å². The van der Waals surface area contributed by atoms with Gasteiger partial charge in [-0.3, -0.25) is 9.20 Å². The van der Waals surface area contributed by atoms with Gasteiger partial charge in [-0.1, -0.05) is 6.92 Å². The number of fused-ring (bicyclic) bond motifs is 1. The van der Waals surface area contributed by atoms with Gasteiger partial charge in [0.25, 0.3) is 5.91 Å². The topological polar surface area (TPSA) is 116 Å². The monoisotopic (exact) mass is 560 g/mol. The smallest absolute Gasteiger partial charge is 0.420 e. The number of rotatable bonds is 11. The van der Waals surface area contributed by atoms with Gasteiger partial charge in [-0.15, -0.1) is 0 Å². The summed E-state index contributed by atoms with van der Waals surface area (Å²) in [6, 6.07) is 7.43. The summed E-state index contributed by atoms with van der Waals surface area (Å²) >= 11 is 0. The number of nitrogens with zero attached hydrogens (tertiary/aromatic N) is 3. The van der Waals surface area contributed by atoms with Crippen molar-refractivity contribution in [3.63, 3.8) is 0 Å². The average molecular weight is 561 g/mol. The van der Waals surface area contributed by atoms with Gasteiger partial charge < -0.3 is 25.8 Å². The zero-order valence-electron chi connectivity index (χ0n) is 21.8. The molecule has 4 rings (SSSR count). The van der Waals surface area contributed by atoms with Crippen molar-refractivity contribution in [2.75, 3.05) is 38.7 Å². The molecule has 0 saturated heterocycles. The Kier molecular flexibility index (Phi) is 8.85. The van der Waals surface area contributed by atoms with Gasteiger partial charge in [0.15, 0.2) is 23.0 Å². The van der Waals surface area contributed by atoms with E-state index in [4.69, 9.17) is 15.2 Å². The van der Waals surface area contributed by atoms with Crippen molar-refractivity contribution in [3.8, 4) is 17.0 Å². The zero-order chi connectivity index (χ0) is 28.9. The number of imidazole rings is 1. The van der Waals surface area contributed by atoms with E-state index in [2.05, 4.69) is 20.6 Å². The maximum atomic E-state index is 14.7. The first-order valence-electron chi connectivity index (χ1n) is 12.4. The Hall–Kier alpha value is -4.23. The number of amides is 1. The Morgan fingerprint density at radius 3 is 2.65 bits per heavy atom. The second kappa shape index (κ2) is 12.3. The lowest BCUT2D eigenvalue weighted by Gasteiger charge is -2.16. The molecule has 0 aliphatic rings. The summed E-state index contributed by atoms with van der Waals surface area (Å²) in [5, 5.41) is 5.92. The molecule has 4 aromatic rings. The molecule has 0 saturated carbocycles. The van der Waals surface area contributed by atoms with E-state index < -0.39 is 28.9 Å². The van der Waals surface area contributed by atoms with Crippen LogP contribution in [-0.4, -0.2) is 53.7 Å². The number of nitrogens with two attached hydrogens (primary N) is 1. The number of carbonyl (C=O) groups excluding carboxylic acids is 1. The fraction of sp³-hybridized carbons (Fsp3) is 0.296. The van der Waals surface area contributed by atoms with Crippen LogP contribution in [-0.2, 0) is 17.3 Å². The SMILES string of the molecule is CCc1cc(Nc2nccn3c(-c4ccc(OC)c(F)c4C(F)(F)F)cnc23)ccc1C(=O)NCCOCCN. The van der Waals surface area contributed by atoms with E-state index >= 15 is 0 Å². The minimum absolute atomic E-state index is 0.0195. The minimum atomic E-state index is -4.98. The first-order chi connectivity index (χ1) is 19.2. The van der Waals surface area contributed by atoms with E-state index in [1.165, 1.54) is 23.0 Å². The van der Waals surface area contributed by atoms with Crippen LogP contribution in [0.4, 0.5) is 29.1 Å². The lowest BCUT2D eigenvalue weighted by molar-refractivity contribution is -0.139. The summed E-state index contributed by atoms with van der Waals surface area (Å²) in [5.41, 5.74) is 5.64. The van der Waals surface area contributed by atoms with Crippen LogP contribution >= 0.6 is 0 Å². The summed E-state index contributed by atoms with van der Waals surface area (Å²) in [6.45, 7) is 3.41. The second-order valence-electron chi connectivity index (χ2n) is 8.62. The molecule has 2 aromatic carbocycles. The van der Waals surface area contributed by atoms with Gasteiger partial charge in [0.1, 0.15) is 5.56 Å². The van der Waals surface area contributed by atoms with E-state index in [-0.39, 0.29) is 23.1 Å². The second-order valence-corrected chi connectivity index (χ2v) is 8.62. The highest BCUT2D eigenvalue weighted by atomic mass is 19.4. The summed E-state index contributed by atoms with van der Waals surface area (Å²) in [6.07, 6.45) is -0.359. The van der Waals surface area contributed by atoms with Crippen molar-refractivity contribution in [1.29, 1.82) is 0 Å². The number of halogens is 4. The van der Waals surface area contributed by atoms with Crippen molar-refractivity contribution < 1.29 is 31.8 Å². The standard InChI is InChI=1S/C27H28F4N6O3/c1-3-16-14-17(4-5-18(16)26(38)34-10-13-40-12-8-32)36-24-25-35-15-20(37(25)11-9-33-24)19-6-7-21(39-2)23(28)22(19)27(29,30)31/h4-7,9,11,14-15H,3,8,10,12-13,32H2,1-2H3,(H,33,36)(H,34,38). The Morgan fingerprint density at radius 1 is 1.15 bits per heavy atom. The van der Waals surface area contributed by atoms with Crippen molar-refractivity contribution in [3.05, 3.63) is 71.4 Å². The Balaban J connectivity index is 1.63. The maximum Gasteiger partial charge on any atom is 0.420 e. The average Bonchev–Trinajstić information content (AvgIpc) is 3.37. The molecule has 0 bridgehead atoms. The van der Waals surface area contributed by atoms with Crippen LogP contribution in [0, 0.1) is 5.82 Å². The Labute approximate surface area is 227 Å². The summed E-state index contributed by atoms with van der Waals surface area (Å²) in [4.78, 5) is 21.2. The molecule has 0 atom stereocenters. The molecule has 0 radical (unpaired) electrons. The Morgan fingerprint density at radius 2 is 1.95 bits per heavy atom. The predicted molar refractivity (Wildman–Crippen MR) is 141 cm³/mol. The highest BCUT2D eigenvalue weighted by Gasteiger charge is 2.39. The number of nitrogens with one attached hydrogen (secondary N) is 2. The molecule has 4 N–H and O–H groups in total. The maximum absolute atomic E-state index is 14.7. The van der Waals surface area contributed by atoms with E-state index in [0.29, 0.717) is 44.0 Å². The van der Waals surface area contributed by atoms with E-state index in [9.17, 15) is 22.4 Å². The molecule has 2 aromatic heterocycles. The zero-order valence-corrected chi connectivity index (χ0v) is 21.8. The van der Waals surface area contributed by atoms with Gasteiger partial charge in [-0.2, -0.15) is 13.2 Å². The van der Waals surface area contributed by atoms with Gasteiger partial charge in [-0.05, 0) is 42.3 Å². The molecule has 212 valence electrons. The number of benzene rings is 2. The number of aryl methyl sites for hydroxylation is 1. The fourth-order valence-corrected chi connectivity index (χ4v) is 4.25. The highest BCUT2D eigenvalue weighted by molar-refractivity contribution is 5.96. The van der Waals surface area contributed by atoms with Gasteiger partial charge >= 0.3 is 6.18 Å². The molecule has 0 unspecified atom stereocenters. The first-order valence-corrected chi connectivity index (χ1v) is 12.4. The molecule has 0 aliphatic heterocycles. The number of aromatic nitrogens is 3. The third-order valence-electron chi connectivity index (χ3n) is 6.10. The van der Waals surface area contributed by atoms with E-state index in [0.717, 1.165) is 24.8 Å². The molecule has 0 fully saturated rings. The van der Waals surface area contributed by atoms with Crippen molar-refractivity contribution in [2.24, 2.45) is 5.73 Å². The van der Waals surface area contributed by atoms with Gasteiger partial charge in [0, 0.05) is 42.3 Å². The largest absolute Gasteiger partial charge is 0.494 e. The quantitative estimate of drug-likeness (QED) is 0.182. The normalized spacial score (nSPS) is 11.6. The number of alkyl halides is 3. The molecule has 0 spiro atoms. The lowest BCUT2D eigenvalue weighted by atomic mass is 10.0. The van der Waals surface area contributed by atoms with E-state index in [1.54, 1.807) is 18.2 Å².